The van der Waals surface area contributed by atoms with Crippen LogP contribution in [0.15, 0.2) is 17.0 Å². The van der Waals surface area contributed by atoms with Crippen molar-refractivity contribution in [3.05, 3.63) is 23.0 Å². The molecule has 0 radical (unpaired) electrons. The molecular formula is C7H7ClFNO2S. The number of nitrogens with two attached hydrogens (primary N) is 1. The summed E-state index contributed by atoms with van der Waals surface area (Å²) in [4.78, 5) is -0.542. The van der Waals surface area contributed by atoms with Crippen LogP contribution in [0.3, 0.4) is 0 Å². The average molecular weight is 224 g/mol. The van der Waals surface area contributed by atoms with Crippen molar-refractivity contribution in [3.63, 3.8) is 0 Å². The molecule has 0 aromatic heterocycles. The minimum atomic E-state index is -3.67. The first-order valence-electron chi connectivity index (χ1n) is 3.27. The molecule has 6 heteroatoms. The van der Waals surface area contributed by atoms with Gasteiger partial charge in [0, 0.05) is 6.26 Å². The van der Waals surface area contributed by atoms with Gasteiger partial charge in [0.05, 0.1) is 10.7 Å². The molecule has 3 nitrogen and oxygen atoms in total. The van der Waals surface area contributed by atoms with Gasteiger partial charge in [-0.3, -0.25) is 0 Å². The van der Waals surface area contributed by atoms with Gasteiger partial charge in [0.25, 0.3) is 0 Å². The number of hydrogen-bond acceptors (Lipinski definition) is 3. The Hall–Kier alpha value is -0.810. The lowest BCUT2D eigenvalue weighted by atomic mass is 10.3. The van der Waals surface area contributed by atoms with E-state index < -0.39 is 20.5 Å². The summed E-state index contributed by atoms with van der Waals surface area (Å²) in [5.74, 6) is -0.885. The lowest BCUT2D eigenvalue weighted by Crippen LogP contribution is -2.05. The SMILES string of the molecule is CS(=O)(=O)c1c(F)ccc(Cl)c1N. The van der Waals surface area contributed by atoms with E-state index in [1.165, 1.54) is 6.07 Å². The van der Waals surface area contributed by atoms with Gasteiger partial charge in [0.2, 0.25) is 0 Å². The Labute approximate surface area is 80.2 Å². The molecule has 1 rings (SSSR count). The van der Waals surface area contributed by atoms with Crippen LogP contribution >= 0.6 is 11.6 Å². The molecule has 0 spiro atoms. The first kappa shape index (κ1) is 10.3. The number of hydrogen-bond donors (Lipinski definition) is 1. The van der Waals surface area contributed by atoms with Crippen LogP contribution in [0, 0.1) is 5.82 Å². The minimum absolute atomic E-state index is 0.0295. The molecule has 2 N–H and O–H groups in total. The van der Waals surface area contributed by atoms with E-state index in [-0.39, 0.29) is 10.7 Å². The Morgan fingerprint density at radius 2 is 2.00 bits per heavy atom. The highest BCUT2D eigenvalue weighted by molar-refractivity contribution is 7.90. The van der Waals surface area contributed by atoms with Crippen molar-refractivity contribution >= 4 is 27.1 Å². The highest BCUT2D eigenvalue weighted by atomic mass is 35.5. The third-order valence-electron chi connectivity index (χ3n) is 1.47. The fourth-order valence-electron chi connectivity index (χ4n) is 0.926. The van der Waals surface area contributed by atoms with Crippen molar-refractivity contribution in [2.24, 2.45) is 0 Å². The predicted octanol–water partition coefficient (Wildman–Crippen LogP) is 1.46. The number of benzene rings is 1. The predicted molar refractivity (Wildman–Crippen MR) is 48.9 cm³/mol. The fraction of sp³-hybridized carbons (Fsp3) is 0.143. The summed E-state index contributed by atoms with van der Waals surface area (Å²) in [5, 5.41) is 0.0295. The average Bonchev–Trinajstić information content (AvgIpc) is 1.95. The number of anilines is 1. The molecule has 13 heavy (non-hydrogen) atoms. The van der Waals surface area contributed by atoms with Crippen molar-refractivity contribution in [2.75, 3.05) is 12.0 Å². The van der Waals surface area contributed by atoms with Crippen LogP contribution in [0.5, 0.6) is 0 Å². The minimum Gasteiger partial charge on any atom is -0.396 e. The summed E-state index contributed by atoms with van der Waals surface area (Å²) in [6.45, 7) is 0. The number of halogens is 2. The largest absolute Gasteiger partial charge is 0.396 e. The third-order valence-corrected chi connectivity index (χ3v) is 2.95. The molecular weight excluding hydrogens is 217 g/mol. The Kier molecular flexibility index (Phi) is 2.49. The lowest BCUT2D eigenvalue weighted by molar-refractivity contribution is 0.572. The van der Waals surface area contributed by atoms with Crippen molar-refractivity contribution < 1.29 is 12.8 Å². The molecule has 72 valence electrons. The Morgan fingerprint density at radius 3 is 2.38 bits per heavy atom. The van der Waals surface area contributed by atoms with Crippen molar-refractivity contribution in [3.8, 4) is 0 Å². The standard InChI is InChI=1S/C7H7ClFNO2S/c1-13(11,12)7-5(9)3-2-4(8)6(7)10/h2-3H,10H2,1H3. The Bertz CT molecular complexity index is 444. The van der Waals surface area contributed by atoms with Gasteiger partial charge in [0.1, 0.15) is 10.7 Å². The zero-order valence-corrected chi connectivity index (χ0v) is 8.29. The normalized spacial score (nSPS) is 11.6. The highest BCUT2D eigenvalue weighted by Gasteiger charge is 2.19. The van der Waals surface area contributed by atoms with Gasteiger partial charge in [-0.2, -0.15) is 0 Å². The number of sulfone groups is 1. The second kappa shape index (κ2) is 3.16. The summed E-state index contributed by atoms with van der Waals surface area (Å²) in [7, 11) is -3.67. The van der Waals surface area contributed by atoms with E-state index in [1.807, 2.05) is 0 Å². The second-order valence-corrected chi connectivity index (χ2v) is 4.90. The molecule has 0 unspecified atom stereocenters. The molecule has 0 aliphatic carbocycles. The van der Waals surface area contributed by atoms with Gasteiger partial charge >= 0.3 is 0 Å². The molecule has 0 fully saturated rings. The number of rotatable bonds is 1. The molecule has 1 aromatic rings. The van der Waals surface area contributed by atoms with Crippen LogP contribution in [0.4, 0.5) is 10.1 Å². The van der Waals surface area contributed by atoms with Crippen LogP contribution in [-0.2, 0) is 9.84 Å². The van der Waals surface area contributed by atoms with Crippen LogP contribution in [-0.4, -0.2) is 14.7 Å². The lowest BCUT2D eigenvalue weighted by Gasteiger charge is -2.05. The van der Waals surface area contributed by atoms with Gasteiger partial charge in [-0.25, -0.2) is 12.8 Å². The zero-order chi connectivity index (χ0) is 10.2. The summed E-state index contributed by atoms with van der Waals surface area (Å²) in [5.41, 5.74) is 5.07. The van der Waals surface area contributed by atoms with Gasteiger partial charge < -0.3 is 5.73 Å². The van der Waals surface area contributed by atoms with E-state index >= 15 is 0 Å². The van der Waals surface area contributed by atoms with Gasteiger partial charge in [0.15, 0.2) is 9.84 Å². The first-order valence-corrected chi connectivity index (χ1v) is 5.54. The number of nitrogen functional groups attached to an aromatic ring is 1. The molecule has 0 aliphatic rings. The first-order chi connectivity index (χ1) is 5.84. The molecule has 0 saturated heterocycles. The molecule has 0 amide bonds. The quantitative estimate of drug-likeness (QED) is 0.734. The summed E-state index contributed by atoms with van der Waals surface area (Å²) in [6, 6.07) is 2.18. The molecule has 0 atom stereocenters. The van der Waals surface area contributed by atoms with Crippen molar-refractivity contribution in [2.45, 2.75) is 4.90 Å². The van der Waals surface area contributed by atoms with Gasteiger partial charge in [-0.05, 0) is 12.1 Å². The smallest absolute Gasteiger partial charge is 0.180 e. The van der Waals surface area contributed by atoms with E-state index in [1.54, 1.807) is 0 Å². The van der Waals surface area contributed by atoms with E-state index in [0.717, 1.165) is 12.3 Å². The molecule has 1 aromatic carbocycles. The Balaban J connectivity index is 3.62. The maximum Gasteiger partial charge on any atom is 0.180 e. The van der Waals surface area contributed by atoms with Gasteiger partial charge in [-0.1, -0.05) is 11.6 Å². The molecule has 0 aliphatic heterocycles. The maximum atomic E-state index is 13.0. The van der Waals surface area contributed by atoms with E-state index in [4.69, 9.17) is 17.3 Å². The zero-order valence-electron chi connectivity index (χ0n) is 6.71. The molecule has 0 saturated carbocycles. The third kappa shape index (κ3) is 1.92. The summed E-state index contributed by atoms with van der Waals surface area (Å²) < 4.78 is 35.1. The second-order valence-electron chi connectivity index (χ2n) is 2.54. The van der Waals surface area contributed by atoms with Crippen LogP contribution in [0.25, 0.3) is 0 Å². The van der Waals surface area contributed by atoms with Crippen LogP contribution in [0.1, 0.15) is 0 Å². The monoisotopic (exact) mass is 223 g/mol. The van der Waals surface area contributed by atoms with E-state index in [9.17, 15) is 12.8 Å². The maximum absolute atomic E-state index is 13.0. The topological polar surface area (TPSA) is 60.2 Å². The highest BCUT2D eigenvalue weighted by Crippen LogP contribution is 2.28. The summed E-state index contributed by atoms with van der Waals surface area (Å²) >= 11 is 5.54. The Morgan fingerprint density at radius 1 is 1.46 bits per heavy atom. The molecule has 0 bridgehead atoms. The molecule has 0 heterocycles. The summed E-state index contributed by atoms with van der Waals surface area (Å²) in [6.07, 6.45) is 0.873. The van der Waals surface area contributed by atoms with E-state index in [2.05, 4.69) is 0 Å². The van der Waals surface area contributed by atoms with Gasteiger partial charge in [-0.15, -0.1) is 0 Å². The fourth-order valence-corrected chi connectivity index (χ4v) is 2.07. The van der Waals surface area contributed by atoms with Crippen LogP contribution in [0.2, 0.25) is 5.02 Å². The van der Waals surface area contributed by atoms with Crippen molar-refractivity contribution in [1.29, 1.82) is 0 Å². The van der Waals surface area contributed by atoms with Crippen molar-refractivity contribution in [1.82, 2.24) is 0 Å². The van der Waals surface area contributed by atoms with Crippen LogP contribution < -0.4 is 5.73 Å². The van der Waals surface area contributed by atoms with E-state index in [0.29, 0.717) is 0 Å².